The molecular weight excluding hydrogens is 293 g/mol. The molecule has 110 valence electrons. The molecule has 2 rings (SSSR count). The zero-order valence-corrected chi connectivity index (χ0v) is 13.5. The molecule has 2 nitrogen and oxygen atoms in total. The van der Waals surface area contributed by atoms with Crippen molar-refractivity contribution in [2.24, 2.45) is 5.92 Å². The highest BCUT2D eigenvalue weighted by Gasteiger charge is 2.36. The van der Waals surface area contributed by atoms with Gasteiger partial charge < -0.3 is 5.32 Å². The third kappa shape index (κ3) is 3.29. The number of hydrogen-bond acceptors (Lipinski definition) is 1. The average molecular weight is 314 g/mol. The molecule has 2 unspecified atom stereocenters. The normalized spacial score (nSPS) is 26.3. The monoisotopic (exact) mass is 313 g/mol. The molecule has 1 saturated carbocycles. The number of carbonyl (C=O) groups excluding carboxylic acids is 1. The lowest BCUT2D eigenvalue weighted by molar-refractivity contribution is 0.0866. The van der Waals surface area contributed by atoms with E-state index in [1.165, 1.54) is 6.42 Å². The van der Waals surface area contributed by atoms with E-state index in [-0.39, 0.29) is 11.4 Å². The third-order valence-electron chi connectivity index (χ3n) is 4.24. The van der Waals surface area contributed by atoms with Gasteiger partial charge in [0, 0.05) is 16.5 Å². The molecule has 2 atom stereocenters. The lowest BCUT2D eigenvalue weighted by Gasteiger charge is -2.39. The van der Waals surface area contributed by atoms with Crippen molar-refractivity contribution in [2.75, 3.05) is 5.88 Å². The Kier molecular flexibility index (Phi) is 4.98. The van der Waals surface area contributed by atoms with Gasteiger partial charge in [0.05, 0.1) is 5.54 Å². The summed E-state index contributed by atoms with van der Waals surface area (Å²) in [6.45, 7) is 4.09. The van der Waals surface area contributed by atoms with Crippen molar-refractivity contribution in [1.82, 2.24) is 5.32 Å². The second-order valence-electron chi connectivity index (χ2n) is 5.98. The first-order chi connectivity index (χ1) is 9.47. The van der Waals surface area contributed by atoms with Gasteiger partial charge in [0.1, 0.15) is 0 Å². The Morgan fingerprint density at radius 3 is 2.90 bits per heavy atom. The van der Waals surface area contributed by atoms with Crippen LogP contribution >= 0.6 is 23.2 Å². The minimum Gasteiger partial charge on any atom is -0.345 e. The van der Waals surface area contributed by atoms with Gasteiger partial charge in [-0.3, -0.25) is 4.79 Å². The van der Waals surface area contributed by atoms with Crippen LogP contribution in [-0.4, -0.2) is 17.3 Å². The molecule has 0 aliphatic heterocycles. The van der Waals surface area contributed by atoms with Crippen molar-refractivity contribution < 1.29 is 4.79 Å². The Morgan fingerprint density at radius 1 is 1.50 bits per heavy atom. The van der Waals surface area contributed by atoms with Gasteiger partial charge in [-0.25, -0.2) is 0 Å². The molecule has 0 spiro atoms. The van der Waals surface area contributed by atoms with E-state index in [1.807, 2.05) is 13.0 Å². The van der Waals surface area contributed by atoms with E-state index < -0.39 is 0 Å². The van der Waals surface area contributed by atoms with Crippen LogP contribution in [0.4, 0.5) is 0 Å². The van der Waals surface area contributed by atoms with Crippen molar-refractivity contribution in [3.8, 4) is 0 Å². The van der Waals surface area contributed by atoms with Gasteiger partial charge in [-0.2, -0.15) is 0 Å². The van der Waals surface area contributed by atoms with Crippen LogP contribution < -0.4 is 5.32 Å². The number of amides is 1. The first-order valence-corrected chi connectivity index (χ1v) is 8.02. The summed E-state index contributed by atoms with van der Waals surface area (Å²) in [6.07, 6.45) is 4.22. The molecule has 0 radical (unpaired) electrons. The van der Waals surface area contributed by atoms with Crippen molar-refractivity contribution >= 4 is 29.1 Å². The first kappa shape index (κ1) is 15.7. The number of nitrogens with one attached hydrogen (secondary N) is 1. The van der Waals surface area contributed by atoms with Crippen molar-refractivity contribution in [2.45, 2.75) is 45.1 Å². The maximum absolute atomic E-state index is 12.5. The average Bonchev–Trinajstić information content (AvgIpc) is 2.41. The smallest absolute Gasteiger partial charge is 0.252 e. The Labute approximate surface area is 130 Å². The standard InChI is InChI=1S/C16H21Cl2NO/c1-11-5-4-8-16(9-11,10-17)19-15(20)13-6-3-7-14(18)12(13)2/h3,6-7,11H,4-5,8-10H2,1-2H3,(H,19,20). The van der Waals surface area contributed by atoms with Crippen molar-refractivity contribution in [1.29, 1.82) is 0 Å². The minimum atomic E-state index is -0.273. The Balaban J connectivity index is 2.19. The molecule has 1 aliphatic carbocycles. The molecule has 0 saturated heterocycles. The molecule has 1 amide bonds. The van der Waals surface area contributed by atoms with Crippen LogP contribution in [0.1, 0.15) is 48.5 Å². The molecule has 0 heterocycles. The van der Waals surface area contributed by atoms with Crippen LogP contribution in [0.5, 0.6) is 0 Å². The Bertz CT molecular complexity index is 503. The number of benzene rings is 1. The molecule has 1 aromatic rings. The second-order valence-corrected chi connectivity index (χ2v) is 6.66. The molecular formula is C16H21Cl2NO. The van der Waals surface area contributed by atoms with Crippen LogP contribution in [0.25, 0.3) is 0 Å². The summed E-state index contributed by atoms with van der Waals surface area (Å²) in [7, 11) is 0. The summed E-state index contributed by atoms with van der Waals surface area (Å²) >= 11 is 12.3. The Morgan fingerprint density at radius 2 is 2.25 bits per heavy atom. The van der Waals surface area contributed by atoms with E-state index in [4.69, 9.17) is 23.2 Å². The minimum absolute atomic E-state index is 0.0697. The highest BCUT2D eigenvalue weighted by Crippen LogP contribution is 2.33. The predicted molar refractivity (Wildman–Crippen MR) is 84.7 cm³/mol. The highest BCUT2D eigenvalue weighted by molar-refractivity contribution is 6.31. The summed E-state index contributed by atoms with van der Waals surface area (Å²) in [5.74, 6) is 0.992. The van der Waals surface area contributed by atoms with E-state index in [1.54, 1.807) is 12.1 Å². The number of carbonyl (C=O) groups is 1. The Hall–Kier alpha value is -0.730. The molecule has 20 heavy (non-hydrogen) atoms. The van der Waals surface area contributed by atoms with Gasteiger partial charge in [-0.1, -0.05) is 37.4 Å². The van der Waals surface area contributed by atoms with Gasteiger partial charge in [0.2, 0.25) is 0 Å². The molecule has 0 aromatic heterocycles. The number of halogens is 2. The zero-order chi connectivity index (χ0) is 14.8. The molecule has 0 bridgehead atoms. The topological polar surface area (TPSA) is 29.1 Å². The second kappa shape index (κ2) is 6.36. The van der Waals surface area contributed by atoms with E-state index in [2.05, 4.69) is 12.2 Å². The maximum Gasteiger partial charge on any atom is 0.252 e. The van der Waals surface area contributed by atoms with Crippen LogP contribution in [0.2, 0.25) is 5.02 Å². The first-order valence-electron chi connectivity index (χ1n) is 7.11. The SMILES string of the molecule is Cc1c(Cl)cccc1C(=O)NC1(CCl)CCCC(C)C1. The zero-order valence-electron chi connectivity index (χ0n) is 12.0. The number of rotatable bonds is 3. The molecule has 1 aromatic carbocycles. The third-order valence-corrected chi connectivity index (χ3v) is 5.16. The van der Waals surface area contributed by atoms with Crippen molar-refractivity contribution in [3.63, 3.8) is 0 Å². The number of alkyl halides is 1. The molecule has 1 N–H and O–H groups in total. The van der Waals surface area contributed by atoms with E-state index in [0.29, 0.717) is 22.4 Å². The summed E-state index contributed by atoms with van der Waals surface area (Å²) in [5.41, 5.74) is 1.19. The van der Waals surface area contributed by atoms with Crippen LogP contribution in [0, 0.1) is 12.8 Å². The van der Waals surface area contributed by atoms with Crippen LogP contribution in [-0.2, 0) is 0 Å². The van der Waals surface area contributed by atoms with E-state index >= 15 is 0 Å². The van der Waals surface area contributed by atoms with Crippen molar-refractivity contribution in [3.05, 3.63) is 34.3 Å². The lowest BCUT2D eigenvalue weighted by Crippen LogP contribution is -2.52. The predicted octanol–water partition coefficient (Wildman–Crippen LogP) is 4.57. The quantitative estimate of drug-likeness (QED) is 0.814. The van der Waals surface area contributed by atoms with Gasteiger partial charge in [-0.05, 0) is 43.4 Å². The fourth-order valence-corrected chi connectivity index (χ4v) is 3.57. The number of hydrogen-bond donors (Lipinski definition) is 1. The maximum atomic E-state index is 12.5. The highest BCUT2D eigenvalue weighted by atomic mass is 35.5. The molecule has 1 fully saturated rings. The fraction of sp³-hybridized carbons (Fsp3) is 0.562. The fourth-order valence-electron chi connectivity index (χ4n) is 3.09. The van der Waals surface area contributed by atoms with Crippen LogP contribution in [0.15, 0.2) is 18.2 Å². The summed E-state index contributed by atoms with van der Waals surface area (Å²) in [6, 6.07) is 5.42. The summed E-state index contributed by atoms with van der Waals surface area (Å²) in [5, 5.41) is 3.79. The van der Waals surface area contributed by atoms with Gasteiger partial charge >= 0.3 is 0 Å². The largest absolute Gasteiger partial charge is 0.345 e. The summed E-state index contributed by atoms with van der Waals surface area (Å²) in [4.78, 5) is 12.5. The molecule has 4 heteroatoms. The molecule has 1 aliphatic rings. The van der Waals surface area contributed by atoms with E-state index in [0.717, 1.165) is 24.8 Å². The van der Waals surface area contributed by atoms with Gasteiger partial charge in [0.25, 0.3) is 5.91 Å². The van der Waals surface area contributed by atoms with Gasteiger partial charge in [-0.15, -0.1) is 11.6 Å². The van der Waals surface area contributed by atoms with E-state index in [9.17, 15) is 4.79 Å². The lowest BCUT2D eigenvalue weighted by atomic mass is 9.77. The van der Waals surface area contributed by atoms with Gasteiger partial charge in [0.15, 0.2) is 0 Å². The summed E-state index contributed by atoms with van der Waals surface area (Å²) < 4.78 is 0. The van der Waals surface area contributed by atoms with Crippen LogP contribution in [0.3, 0.4) is 0 Å².